The molecule has 0 bridgehead atoms. The summed E-state index contributed by atoms with van der Waals surface area (Å²) in [5.41, 5.74) is 0.541. The summed E-state index contributed by atoms with van der Waals surface area (Å²) in [6.45, 7) is 4.71. The van der Waals surface area contributed by atoms with Crippen LogP contribution in [0, 0.1) is 0 Å². The Labute approximate surface area is 118 Å². The van der Waals surface area contributed by atoms with Gasteiger partial charge in [-0.05, 0) is 44.9 Å². The molecule has 0 radical (unpaired) electrons. The lowest BCUT2D eigenvalue weighted by Gasteiger charge is -2.22. The minimum Gasteiger partial charge on any atom is -0.494 e. The van der Waals surface area contributed by atoms with Gasteiger partial charge in [0.05, 0.1) is 13.2 Å². The molecule has 110 valence electrons. The molecule has 2 rings (SSSR count). The van der Waals surface area contributed by atoms with E-state index in [4.69, 9.17) is 9.47 Å². The molecule has 1 heterocycles. The van der Waals surface area contributed by atoms with Crippen molar-refractivity contribution in [3.8, 4) is 5.75 Å². The molecule has 0 saturated carbocycles. The van der Waals surface area contributed by atoms with Crippen molar-refractivity contribution < 1.29 is 19.4 Å². The van der Waals surface area contributed by atoms with E-state index in [0.29, 0.717) is 30.2 Å². The van der Waals surface area contributed by atoms with Crippen LogP contribution < -0.4 is 10.1 Å². The van der Waals surface area contributed by atoms with E-state index in [9.17, 15) is 9.90 Å². The largest absolute Gasteiger partial charge is 0.494 e. The summed E-state index contributed by atoms with van der Waals surface area (Å²) in [5.74, 6) is 0.486. The summed E-state index contributed by atoms with van der Waals surface area (Å²) in [7, 11) is 0. The number of ether oxygens (including phenoxy) is 2. The molecule has 1 amide bonds. The molecule has 20 heavy (non-hydrogen) atoms. The Kier molecular flexibility index (Phi) is 4.62. The topological polar surface area (TPSA) is 67.8 Å². The molecule has 5 nitrogen and oxygen atoms in total. The van der Waals surface area contributed by atoms with Crippen molar-refractivity contribution in [1.29, 1.82) is 0 Å². The number of carbonyl (C=O) groups excluding carboxylic acids is 1. The number of anilines is 1. The van der Waals surface area contributed by atoms with E-state index in [1.807, 2.05) is 6.92 Å². The van der Waals surface area contributed by atoms with Crippen LogP contribution in [0.15, 0.2) is 18.2 Å². The summed E-state index contributed by atoms with van der Waals surface area (Å²) in [6, 6.07) is 5.24. The third-order valence-electron chi connectivity index (χ3n) is 3.49. The van der Waals surface area contributed by atoms with Crippen molar-refractivity contribution in [2.75, 3.05) is 18.5 Å². The molecule has 1 unspecified atom stereocenters. The van der Waals surface area contributed by atoms with Crippen molar-refractivity contribution in [3.05, 3.63) is 23.8 Å². The lowest BCUT2D eigenvalue weighted by Crippen LogP contribution is -2.39. The SMILES string of the molecule is CCOc1ccc(NC(=O)C2(C)CCCO2)cc1CO. The smallest absolute Gasteiger partial charge is 0.256 e. The van der Waals surface area contributed by atoms with E-state index < -0.39 is 5.60 Å². The number of nitrogens with one attached hydrogen (secondary N) is 1. The lowest BCUT2D eigenvalue weighted by atomic mass is 10.0. The van der Waals surface area contributed by atoms with Gasteiger partial charge in [-0.15, -0.1) is 0 Å². The number of benzene rings is 1. The molecule has 1 atom stereocenters. The van der Waals surface area contributed by atoms with Crippen molar-refractivity contribution in [3.63, 3.8) is 0 Å². The van der Waals surface area contributed by atoms with Crippen molar-refractivity contribution in [1.82, 2.24) is 0 Å². The van der Waals surface area contributed by atoms with Crippen molar-refractivity contribution in [2.45, 2.75) is 38.9 Å². The molecular formula is C15H21NO4. The summed E-state index contributed by atoms with van der Waals surface area (Å²) >= 11 is 0. The van der Waals surface area contributed by atoms with Gasteiger partial charge < -0.3 is 19.9 Å². The summed E-state index contributed by atoms with van der Waals surface area (Å²) < 4.78 is 10.9. The molecule has 1 aromatic rings. The van der Waals surface area contributed by atoms with Gasteiger partial charge in [0.2, 0.25) is 0 Å². The average molecular weight is 279 g/mol. The minimum absolute atomic E-state index is 0.132. The number of aliphatic hydroxyl groups excluding tert-OH is 1. The summed E-state index contributed by atoms with van der Waals surface area (Å²) in [4.78, 5) is 12.2. The Bertz CT molecular complexity index is 481. The first kappa shape index (κ1) is 14.8. The fourth-order valence-electron chi connectivity index (χ4n) is 2.30. The van der Waals surface area contributed by atoms with Crippen LogP contribution in [-0.4, -0.2) is 29.8 Å². The first-order chi connectivity index (χ1) is 9.59. The zero-order valence-electron chi connectivity index (χ0n) is 11.9. The Balaban J connectivity index is 2.11. The van der Waals surface area contributed by atoms with Gasteiger partial charge in [0.15, 0.2) is 0 Å². The number of carbonyl (C=O) groups is 1. The third-order valence-corrected chi connectivity index (χ3v) is 3.49. The van der Waals surface area contributed by atoms with E-state index >= 15 is 0 Å². The second-order valence-electron chi connectivity index (χ2n) is 5.05. The summed E-state index contributed by atoms with van der Waals surface area (Å²) in [6.07, 6.45) is 1.62. The Morgan fingerprint density at radius 3 is 2.95 bits per heavy atom. The number of aliphatic hydroxyl groups is 1. The number of hydrogen-bond acceptors (Lipinski definition) is 4. The molecule has 5 heteroatoms. The molecule has 0 aliphatic carbocycles. The number of rotatable bonds is 5. The first-order valence-electron chi connectivity index (χ1n) is 6.91. The lowest BCUT2D eigenvalue weighted by molar-refractivity contribution is -0.133. The van der Waals surface area contributed by atoms with Crippen LogP contribution in [0.2, 0.25) is 0 Å². The standard InChI is InChI=1S/C15H21NO4/c1-3-19-13-6-5-12(9-11(13)10-17)16-14(18)15(2)7-4-8-20-15/h5-6,9,17H,3-4,7-8,10H2,1-2H3,(H,16,18). The number of amides is 1. The van der Waals surface area contributed by atoms with Crippen LogP contribution in [0.5, 0.6) is 5.75 Å². The Hall–Kier alpha value is -1.59. The highest BCUT2D eigenvalue weighted by molar-refractivity contribution is 5.97. The van der Waals surface area contributed by atoms with Gasteiger partial charge >= 0.3 is 0 Å². The highest BCUT2D eigenvalue weighted by Crippen LogP contribution is 2.28. The van der Waals surface area contributed by atoms with Gasteiger partial charge in [-0.1, -0.05) is 0 Å². The van der Waals surface area contributed by atoms with Gasteiger partial charge in [-0.2, -0.15) is 0 Å². The van der Waals surface area contributed by atoms with E-state index in [0.717, 1.165) is 12.8 Å². The van der Waals surface area contributed by atoms with Crippen LogP contribution >= 0.6 is 0 Å². The molecular weight excluding hydrogens is 258 g/mol. The molecule has 1 aliphatic heterocycles. The fraction of sp³-hybridized carbons (Fsp3) is 0.533. The predicted octanol–water partition coefficient (Wildman–Crippen LogP) is 2.09. The van der Waals surface area contributed by atoms with Gasteiger partial charge in [-0.25, -0.2) is 0 Å². The molecule has 2 N–H and O–H groups in total. The van der Waals surface area contributed by atoms with Crippen LogP contribution in [-0.2, 0) is 16.1 Å². The number of hydrogen-bond donors (Lipinski definition) is 2. The Morgan fingerprint density at radius 2 is 2.35 bits per heavy atom. The van der Waals surface area contributed by atoms with Gasteiger partial charge in [0, 0.05) is 17.9 Å². The second kappa shape index (κ2) is 6.24. The molecule has 0 spiro atoms. The van der Waals surface area contributed by atoms with Crippen molar-refractivity contribution >= 4 is 11.6 Å². The normalized spacial score (nSPS) is 21.8. The van der Waals surface area contributed by atoms with Crippen molar-refractivity contribution in [2.24, 2.45) is 0 Å². The average Bonchev–Trinajstić information content (AvgIpc) is 2.89. The predicted molar refractivity (Wildman–Crippen MR) is 75.8 cm³/mol. The Morgan fingerprint density at radius 1 is 1.55 bits per heavy atom. The van der Waals surface area contributed by atoms with Gasteiger partial charge in [0.25, 0.3) is 5.91 Å². The molecule has 1 fully saturated rings. The summed E-state index contributed by atoms with van der Waals surface area (Å²) in [5, 5.41) is 12.2. The maximum absolute atomic E-state index is 12.2. The highest BCUT2D eigenvalue weighted by atomic mass is 16.5. The van der Waals surface area contributed by atoms with Crippen LogP contribution in [0.3, 0.4) is 0 Å². The zero-order valence-corrected chi connectivity index (χ0v) is 11.9. The maximum Gasteiger partial charge on any atom is 0.256 e. The van der Waals surface area contributed by atoms with E-state index in [1.54, 1.807) is 25.1 Å². The first-order valence-corrected chi connectivity index (χ1v) is 6.91. The van der Waals surface area contributed by atoms with Crippen LogP contribution in [0.25, 0.3) is 0 Å². The van der Waals surface area contributed by atoms with Gasteiger partial charge in [0.1, 0.15) is 11.4 Å². The molecule has 1 aliphatic rings. The zero-order chi connectivity index (χ0) is 14.6. The van der Waals surface area contributed by atoms with E-state index in [2.05, 4.69) is 5.32 Å². The maximum atomic E-state index is 12.2. The second-order valence-corrected chi connectivity index (χ2v) is 5.05. The quantitative estimate of drug-likeness (QED) is 0.866. The third kappa shape index (κ3) is 3.11. The molecule has 1 aromatic carbocycles. The highest BCUT2D eigenvalue weighted by Gasteiger charge is 2.37. The fourth-order valence-corrected chi connectivity index (χ4v) is 2.30. The van der Waals surface area contributed by atoms with E-state index in [1.165, 1.54) is 0 Å². The molecule has 1 saturated heterocycles. The monoisotopic (exact) mass is 279 g/mol. The van der Waals surface area contributed by atoms with Crippen LogP contribution in [0.1, 0.15) is 32.3 Å². The molecule has 0 aromatic heterocycles. The minimum atomic E-state index is -0.752. The van der Waals surface area contributed by atoms with E-state index in [-0.39, 0.29) is 12.5 Å². The van der Waals surface area contributed by atoms with Crippen LogP contribution in [0.4, 0.5) is 5.69 Å². The van der Waals surface area contributed by atoms with Gasteiger partial charge in [-0.3, -0.25) is 4.79 Å².